The SMILES string of the molecule is O=C(O)C1(C(=O)Nc2ccc(F)c(-n3nnnc3C3CC3)c2)CC1. The van der Waals surface area contributed by atoms with E-state index in [2.05, 4.69) is 20.8 Å². The van der Waals surface area contributed by atoms with Gasteiger partial charge in [-0.05, 0) is 54.3 Å². The number of halogens is 1. The number of carboxylic acids is 1. The maximum absolute atomic E-state index is 14.2. The van der Waals surface area contributed by atoms with E-state index in [0.29, 0.717) is 24.4 Å². The number of nitrogens with zero attached hydrogens (tertiary/aromatic N) is 4. The summed E-state index contributed by atoms with van der Waals surface area (Å²) in [5.41, 5.74) is -0.927. The van der Waals surface area contributed by atoms with Gasteiger partial charge in [-0.3, -0.25) is 9.59 Å². The number of anilines is 1. The first kappa shape index (κ1) is 14.7. The Kier molecular flexibility index (Phi) is 3.12. The molecule has 2 saturated carbocycles. The molecular weight excluding hydrogens is 317 g/mol. The van der Waals surface area contributed by atoms with Gasteiger partial charge in [-0.25, -0.2) is 4.39 Å². The summed E-state index contributed by atoms with van der Waals surface area (Å²) in [6.07, 6.45) is 2.53. The molecule has 2 aromatic rings. The lowest BCUT2D eigenvalue weighted by atomic mass is 10.1. The summed E-state index contributed by atoms with van der Waals surface area (Å²) >= 11 is 0. The molecule has 9 heteroatoms. The molecule has 1 heterocycles. The molecule has 1 aromatic carbocycles. The first-order chi connectivity index (χ1) is 11.5. The number of nitrogens with one attached hydrogen (secondary N) is 1. The minimum absolute atomic E-state index is 0.125. The highest BCUT2D eigenvalue weighted by molar-refractivity contribution is 6.10. The zero-order valence-electron chi connectivity index (χ0n) is 12.6. The molecule has 0 aliphatic heterocycles. The highest BCUT2D eigenvalue weighted by Crippen LogP contribution is 2.47. The first-order valence-corrected chi connectivity index (χ1v) is 7.64. The van der Waals surface area contributed by atoms with Crippen molar-refractivity contribution in [1.82, 2.24) is 20.2 Å². The van der Waals surface area contributed by atoms with Crippen LogP contribution in [-0.2, 0) is 9.59 Å². The van der Waals surface area contributed by atoms with E-state index < -0.39 is 23.1 Å². The van der Waals surface area contributed by atoms with E-state index in [-0.39, 0.29) is 11.6 Å². The van der Waals surface area contributed by atoms with E-state index in [1.165, 1.54) is 22.9 Å². The molecule has 4 rings (SSSR count). The van der Waals surface area contributed by atoms with Gasteiger partial charge in [0.15, 0.2) is 5.82 Å². The normalized spacial score (nSPS) is 18.2. The monoisotopic (exact) mass is 331 g/mol. The minimum atomic E-state index is -1.36. The van der Waals surface area contributed by atoms with Crippen LogP contribution in [0.1, 0.15) is 37.4 Å². The van der Waals surface area contributed by atoms with Crippen LogP contribution in [0.4, 0.5) is 10.1 Å². The molecule has 0 unspecified atom stereocenters. The molecule has 1 aromatic heterocycles. The van der Waals surface area contributed by atoms with Crippen LogP contribution in [0.15, 0.2) is 18.2 Å². The second-order valence-corrected chi connectivity index (χ2v) is 6.23. The number of carbonyl (C=O) groups excluding carboxylic acids is 1. The Hall–Kier alpha value is -2.84. The maximum atomic E-state index is 14.2. The number of hydrogen-bond acceptors (Lipinski definition) is 5. The Balaban J connectivity index is 1.63. The second kappa shape index (κ2) is 5.08. The third-order valence-electron chi connectivity index (χ3n) is 4.46. The standard InChI is InChI=1S/C15H14FN5O3/c16-10-4-3-9(17-13(22)15(5-6-15)14(23)24)7-11(10)21-12(8-1-2-8)18-19-20-21/h3-4,7-8H,1-2,5-6H2,(H,17,22)(H,23,24). The van der Waals surface area contributed by atoms with Crippen LogP contribution >= 0.6 is 0 Å². The second-order valence-electron chi connectivity index (χ2n) is 6.23. The van der Waals surface area contributed by atoms with E-state index in [4.69, 9.17) is 5.11 Å². The summed E-state index contributed by atoms with van der Waals surface area (Å²) in [4.78, 5) is 23.4. The van der Waals surface area contributed by atoms with E-state index in [9.17, 15) is 14.0 Å². The van der Waals surface area contributed by atoms with E-state index in [0.717, 1.165) is 12.8 Å². The van der Waals surface area contributed by atoms with Crippen molar-refractivity contribution in [2.45, 2.75) is 31.6 Å². The van der Waals surface area contributed by atoms with Crippen molar-refractivity contribution in [1.29, 1.82) is 0 Å². The molecule has 24 heavy (non-hydrogen) atoms. The number of amides is 1. The highest BCUT2D eigenvalue weighted by atomic mass is 19.1. The van der Waals surface area contributed by atoms with Gasteiger partial charge in [-0.1, -0.05) is 0 Å². The largest absolute Gasteiger partial charge is 0.480 e. The van der Waals surface area contributed by atoms with E-state index in [1.807, 2.05) is 0 Å². The molecule has 8 nitrogen and oxygen atoms in total. The molecule has 0 radical (unpaired) electrons. The summed E-state index contributed by atoms with van der Waals surface area (Å²) in [5.74, 6) is -1.45. The van der Waals surface area contributed by atoms with Gasteiger partial charge in [0.2, 0.25) is 5.91 Å². The first-order valence-electron chi connectivity index (χ1n) is 7.64. The van der Waals surface area contributed by atoms with E-state index >= 15 is 0 Å². The van der Waals surface area contributed by atoms with Crippen LogP contribution in [-0.4, -0.2) is 37.2 Å². The lowest BCUT2D eigenvalue weighted by molar-refractivity contribution is -0.147. The van der Waals surface area contributed by atoms with Gasteiger partial charge in [-0.2, -0.15) is 4.68 Å². The fraction of sp³-hybridized carbons (Fsp3) is 0.400. The van der Waals surface area contributed by atoms with Crippen LogP contribution in [0.3, 0.4) is 0 Å². The third kappa shape index (κ3) is 2.32. The Labute approximate surface area is 135 Å². The lowest BCUT2D eigenvalue weighted by Gasteiger charge is -2.12. The molecule has 2 N–H and O–H groups in total. The molecule has 0 atom stereocenters. The summed E-state index contributed by atoms with van der Waals surface area (Å²) in [6.45, 7) is 0. The smallest absolute Gasteiger partial charge is 0.319 e. The molecule has 0 saturated heterocycles. The van der Waals surface area contributed by atoms with Gasteiger partial charge in [0.05, 0.1) is 0 Å². The number of carbonyl (C=O) groups is 2. The summed E-state index contributed by atoms with van der Waals surface area (Å²) in [6, 6.07) is 3.99. The van der Waals surface area contributed by atoms with Gasteiger partial charge in [-0.15, -0.1) is 5.10 Å². The van der Waals surface area contributed by atoms with Gasteiger partial charge < -0.3 is 10.4 Å². The van der Waals surface area contributed by atoms with Crippen LogP contribution in [0.5, 0.6) is 0 Å². The van der Waals surface area contributed by atoms with Crippen molar-refractivity contribution in [3.05, 3.63) is 29.8 Å². The van der Waals surface area contributed by atoms with Gasteiger partial charge in [0, 0.05) is 11.6 Å². The number of benzene rings is 1. The van der Waals surface area contributed by atoms with Crippen LogP contribution in [0.2, 0.25) is 0 Å². The van der Waals surface area contributed by atoms with Crippen LogP contribution in [0.25, 0.3) is 5.69 Å². The fourth-order valence-electron chi connectivity index (χ4n) is 2.63. The molecule has 1 amide bonds. The predicted molar refractivity (Wildman–Crippen MR) is 79.0 cm³/mol. The number of tetrazole rings is 1. The molecule has 2 fully saturated rings. The summed E-state index contributed by atoms with van der Waals surface area (Å²) < 4.78 is 15.5. The average molecular weight is 331 g/mol. The Morgan fingerprint density at radius 1 is 1.33 bits per heavy atom. The van der Waals surface area contributed by atoms with Crippen molar-refractivity contribution < 1.29 is 19.1 Å². The van der Waals surface area contributed by atoms with Crippen molar-refractivity contribution in [2.75, 3.05) is 5.32 Å². The molecule has 124 valence electrons. The number of hydrogen-bond donors (Lipinski definition) is 2. The molecule has 2 aliphatic rings. The topological polar surface area (TPSA) is 110 Å². The van der Waals surface area contributed by atoms with Crippen molar-refractivity contribution >= 4 is 17.6 Å². The average Bonchev–Trinajstić information content (AvgIpc) is 3.47. The van der Waals surface area contributed by atoms with Gasteiger partial charge in [0.1, 0.15) is 16.9 Å². The number of aromatic nitrogens is 4. The summed E-state index contributed by atoms with van der Waals surface area (Å²) in [5, 5.41) is 23.1. The predicted octanol–water partition coefficient (Wildman–Crippen LogP) is 1.48. The molecular formula is C15H14FN5O3. The lowest BCUT2D eigenvalue weighted by Crippen LogP contribution is -2.31. The van der Waals surface area contributed by atoms with Crippen molar-refractivity contribution in [2.24, 2.45) is 5.41 Å². The minimum Gasteiger partial charge on any atom is -0.480 e. The van der Waals surface area contributed by atoms with Gasteiger partial charge >= 0.3 is 5.97 Å². The van der Waals surface area contributed by atoms with Crippen LogP contribution < -0.4 is 5.32 Å². The highest BCUT2D eigenvalue weighted by Gasteiger charge is 2.57. The van der Waals surface area contributed by atoms with E-state index in [1.54, 1.807) is 0 Å². The maximum Gasteiger partial charge on any atom is 0.319 e. The third-order valence-corrected chi connectivity index (χ3v) is 4.46. The Bertz CT molecular complexity index is 841. The molecule has 0 spiro atoms. The zero-order chi connectivity index (χ0) is 16.9. The fourth-order valence-corrected chi connectivity index (χ4v) is 2.63. The summed E-state index contributed by atoms with van der Waals surface area (Å²) in [7, 11) is 0. The number of carboxylic acid groups (broad SMARTS) is 1. The number of rotatable bonds is 5. The molecule has 0 bridgehead atoms. The zero-order valence-corrected chi connectivity index (χ0v) is 12.6. The molecule has 2 aliphatic carbocycles. The number of aliphatic carboxylic acids is 1. The van der Waals surface area contributed by atoms with Crippen molar-refractivity contribution in [3.8, 4) is 5.69 Å². The van der Waals surface area contributed by atoms with Crippen LogP contribution in [0, 0.1) is 11.2 Å². The van der Waals surface area contributed by atoms with Crippen molar-refractivity contribution in [3.63, 3.8) is 0 Å². The van der Waals surface area contributed by atoms with Gasteiger partial charge in [0.25, 0.3) is 0 Å². The quantitative estimate of drug-likeness (QED) is 0.803. The Morgan fingerprint density at radius 3 is 2.71 bits per heavy atom. The Morgan fingerprint density at radius 2 is 2.08 bits per heavy atom.